The molecule has 0 aliphatic carbocycles. The van der Waals surface area contributed by atoms with E-state index in [1.807, 2.05) is 0 Å². The summed E-state index contributed by atoms with van der Waals surface area (Å²) in [4.78, 5) is 0. The molecule has 1 aliphatic rings. The smallest absolute Gasteiger partial charge is 0.143 e. The molecule has 64 valence electrons. The van der Waals surface area contributed by atoms with Crippen LogP contribution in [0.4, 0.5) is 10.1 Å². The molecule has 1 aromatic rings. The number of hydrogen-bond acceptors (Lipinski definition) is 1. The molecule has 0 atom stereocenters. The molecule has 0 amide bonds. The average molecular weight is 186 g/mol. The zero-order valence-electron chi connectivity index (χ0n) is 6.53. The third kappa shape index (κ3) is 1.27. The van der Waals surface area contributed by atoms with E-state index in [2.05, 4.69) is 5.32 Å². The predicted octanol–water partition coefficient (Wildman–Crippen LogP) is 2.84. The molecular formula is C9H9ClFN. The first-order chi connectivity index (χ1) is 5.77. The monoisotopic (exact) mass is 185 g/mol. The fraction of sp³-hybridized carbons (Fsp3) is 0.333. The highest BCUT2D eigenvalue weighted by Crippen LogP contribution is 2.27. The number of anilines is 1. The van der Waals surface area contributed by atoms with Crippen LogP contribution < -0.4 is 5.32 Å². The highest BCUT2D eigenvalue weighted by Gasteiger charge is 2.11. The Morgan fingerprint density at radius 1 is 1.42 bits per heavy atom. The maximum Gasteiger partial charge on any atom is 0.143 e. The molecule has 1 N–H and O–H groups in total. The summed E-state index contributed by atoms with van der Waals surface area (Å²) in [5.74, 6) is -0.343. The van der Waals surface area contributed by atoms with Crippen LogP contribution >= 0.6 is 11.6 Å². The van der Waals surface area contributed by atoms with E-state index in [1.165, 1.54) is 6.07 Å². The standard InChI is InChI=1S/C9H9ClFN/c10-7-4-6-2-1-3-12-9(6)5-8(7)11/h4-5,12H,1-3H2. The second-order valence-electron chi connectivity index (χ2n) is 2.95. The summed E-state index contributed by atoms with van der Waals surface area (Å²) >= 11 is 5.64. The minimum Gasteiger partial charge on any atom is -0.385 e. The van der Waals surface area contributed by atoms with E-state index in [4.69, 9.17) is 11.6 Å². The van der Waals surface area contributed by atoms with E-state index in [1.54, 1.807) is 6.07 Å². The molecule has 0 spiro atoms. The maximum absolute atomic E-state index is 12.9. The molecule has 1 aromatic carbocycles. The Balaban J connectivity index is 2.49. The van der Waals surface area contributed by atoms with Gasteiger partial charge in [0.25, 0.3) is 0 Å². The van der Waals surface area contributed by atoms with Gasteiger partial charge < -0.3 is 5.32 Å². The van der Waals surface area contributed by atoms with Gasteiger partial charge in [-0.05, 0) is 30.5 Å². The first-order valence-corrected chi connectivity index (χ1v) is 4.37. The van der Waals surface area contributed by atoms with Gasteiger partial charge in [-0.3, -0.25) is 0 Å². The van der Waals surface area contributed by atoms with Crippen LogP contribution in [0, 0.1) is 5.82 Å². The number of hydrogen-bond donors (Lipinski definition) is 1. The number of nitrogens with one attached hydrogen (secondary N) is 1. The van der Waals surface area contributed by atoms with Crippen molar-refractivity contribution in [1.82, 2.24) is 0 Å². The van der Waals surface area contributed by atoms with Gasteiger partial charge in [0.05, 0.1) is 5.02 Å². The summed E-state index contributed by atoms with van der Waals surface area (Å²) in [5, 5.41) is 3.35. The van der Waals surface area contributed by atoms with E-state index < -0.39 is 0 Å². The van der Waals surface area contributed by atoms with Crippen LogP contribution in [-0.4, -0.2) is 6.54 Å². The number of rotatable bonds is 0. The summed E-state index contributed by atoms with van der Waals surface area (Å²) in [7, 11) is 0. The second kappa shape index (κ2) is 2.94. The summed E-state index contributed by atoms with van der Waals surface area (Å²) in [5.41, 5.74) is 2.01. The van der Waals surface area contributed by atoms with Crippen LogP contribution in [0.3, 0.4) is 0 Å². The minimum atomic E-state index is -0.343. The number of halogens is 2. The Bertz CT molecular complexity index is 281. The highest BCUT2D eigenvalue weighted by molar-refractivity contribution is 6.30. The van der Waals surface area contributed by atoms with Gasteiger partial charge in [0.2, 0.25) is 0 Å². The van der Waals surface area contributed by atoms with Crippen molar-refractivity contribution in [3.05, 3.63) is 28.5 Å². The van der Waals surface area contributed by atoms with Crippen LogP contribution in [0.2, 0.25) is 5.02 Å². The Morgan fingerprint density at radius 3 is 3.08 bits per heavy atom. The van der Waals surface area contributed by atoms with Gasteiger partial charge in [0.15, 0.2) is 0 Å². The highest BCUT2D eigenvalue weighted by atomic mass is 35.5. The van der Waals surface area contributed by atoms with Crippen molar-refractivity contribution in [2.75, 3.05) is 11.9 Å². The lowest BCUT2D eigenvalue weighted by atomic mass is 10.0. The molecule has 0 aromatic heterocycles. The minimum absolute atomic E-state index is 0.220. The largest absolute Gasteiger partial charge is 0.385 e. The Labute approximate surface area is 75.5 Å². The second-order valence-corrected chi connectivity index (χ2v) is 3.36. The molecule has 12 heavy (non-hydrogen) atoms. The van der Waals surface area contributed by atoms with Gasteiger partial charge in [-0.2, -0.15) is 0 Å². The lowest BCUT2D eigenvalue weighted by molar-refractivity contribution is 0.626. The molecule has 0 radical (unpaired) electrons. The maximum atomic E-state index is 12.9. The topological polar surface area (TPSA) is 12.0 Å². The average Bonchev–Trinajstić information content (AvgIpc) is 2.07. The van der Waals surface area contributed by atoms with E-state index >= 15 is 0 Å². The zero-order chi connectivity index (χ0) is 8.55. The summed E-state index contributed by atoms with van der Waals surface area (Å²) < 4.78 is 12.9. The fourth-order valence-corrected chi connectivity index (χ4v) is 1.65. The summed E-state index contributed by atoms with van der Waals surface area (Å²) in [6.07, 6.45) is 2.08. The van der Waals surface area contributed by atoms with E-state index in [0.29, 0.717) is 0 Å². The fourth-order valence-electron chi connectivity index (χ4n) is 1.46. The van der Waals surface area contributed by atoms with Crippen molar-refractivity contribution in [2.45, 2.75) is 12.8 Å². The Kier molecular flexibility index (Phi) is 1.93. The third-order valence-corrected chi connectivity index (χ3v) is 2.37. The molecule has 1 aliphatic heterocycles. The van der Waals surface area contributed by atoms with Crippen molar-refractivity contribution >= 4 is 17.3 Å². The quantitative estimate of drug-likeness (QED) is 0.656. The Morgan fingerprint density at radius 2 is 2.25 bits per heavy atom. The number of fused-ring (bicyclic) bond motifs is 1. The summed E-state index contributed by atoms with van der Waals surface area (Å²) in [6, 6.07) is 3.18. The molecule has 3 heteroatoms. The van der Waals surface area contributed by atoms with Gasteiger partial charge >= 0.3 is 0 Å². The van der Waals surface area contributed by atoms with Crippen molar-refractivity contribution in [1.29, 1.82) is 0 Å². The van der Waals surface area contributed by atoms with Gasteiger partial charge in [0.1, 0.15) is 5.82 Å². The first-order valence-electron chi connectivity index (χ1n) is 3.99. The van der Waals surface area contributed by atoms with Crippen LogP contribution in [0.5, 0.6) is 0 Å². The van der Waals surface area contributed by atoms with Crippen LogP contribution in [0.15, 0.2) is 12.1 Å². The lowest BCUT2D eigenvalue weighted by Crippen LogP contribution is -2.11. The molecule has 1 heterocycles. The van der Waals surface area contributed by atoms with Crippen molar-refractivity contribution < 1.29 is 4.39 Å². The van der Waals surface area contributed by atoms with Gasteiger partial charge in [-0.25, -0.2) is 4.39 Å². The molecule has 1 nitrogen and oxygen atoms in total. The number of aryl methyl sites for hydroxylation is 1. The van der Waals surface area contributed by atoms with Crippen LogP contribution in [0.25, 0.3) is 0 Å². The van der Waals surface area contributed by atoms with Crippen molar-refractivity contribution in [2.24, 2.45) is 0 Å². The van der Waals surface area contributed by atoms with Gasteiger partial charge in [0, 0.05) is 12.2 Å². The normalized spacial score (nSPS) is 15.2. The summed E-state index contributed by atoms with van der Waals surface area (Å²) in [6.45, 7) is 0.925. The van der Waals surface area contributed by atoms with Crippen molar-refractivity contribution in [3.8, 4) is 0 Å². The molecular weight excluding hydrogens is 177 g/mol. The molecule has 0 saturated carbocycles. The van der Waals surface area contributed by atoms with Gasteiger partial charge in [-0.1, -0.05) is 11.6 Å². The number of benzene rings is 1. The van der Waals surface area contributed by atoms with E-state index in [9.17, 15) is 4.39 Å². The van der Waals surface area contributed by atoms with Gasteiger partial charge in [-0.15, -0.1) is 0 Å². The van der Waals surface area contributed by atoms with Crippen LogP contribution in [-0.2, 0) is 6.42 Å². The predicted molar refractivity (Wildman–Crippen MR) is 48.2 cm³/mol. The molecule has 0 fully saturated rings. The molecule has 0 saturated heterocycles. The van der Waals surface area contributed by atoms with Crippen LogP contribution in [0.1, 0.15) is 12.0 Å². The SMILES string of the molecule is Fc1cc2c(cc1Cl)CCCN2. The van der Waals surface area contributed by atoms with Crippen molar-refractivity contribution in [3.63, 3.8) is 0 Å². The van der Waals surface area contributed by atoms with E-state index in [0.717, 1.165) is 30.6 Å². The zero-order valence-corrected chi connectivity index (χ0v) is 7.29. The molecule has 2 rings (SSSR count). The molecule has 0 bridgehead atoms. The lowest BCUT2D eigenvalue weighted by Gasteiger charge is -2.17. The Hall–Kier alpha value is -0.760. The third-order valence-electron chi connectivity index (χ3n) is 2.08. The molecule has 0 unspecified atom stereocenters. The first kappa shape index (κ1) is 7.87. The van der Waals surface area contributed by atoms with E-state index in [-0.39, 0.29) is 10.8 Å².